The van der Waals surface area contributed by atoms with Crippen molar-refractivity contribution in [3.05, 3.63) is 504 Å². The van der Waals surface area contributed by atoms with Crippen molar-refractivity contribution in [1.29, 1.82) is 0 Å². The van der Waals surface area contributed by atoms with E-state index < -0.39 is 0 Å². The third kappa shape index (κ3) is 13.1. The predicted octanol–water partition coefficient (Wildman–Crippen LogP) is 39.5. The molecule has 0 atom stereocenters. The smallest absolute Gasteiger partial charge is 0.0541 e. The molecule has 0 bridgehead atoms. The minimum Gasteiger partial charge on any atom is -0.309 e. The monoisotopic (exact) mass is 1850 g/mol. The summed E-state index contributed by atoms with van der Waals surface area (Å²) in [5.41, 5.74) is 25.9. The summed E-state index contributed by atoms with van der Waals surface area (Å²) in [5.74, 6) is 0. The summed E-state index contributed by atoms with van der Waals surface area (Å²) in [7, 11) is 0. The maximum absolute atomic E-state index is 2.47. The third-order valence-corrected chi connectivity index (χ3v) is 33.4. The van der Waals surface area contributed by atoms with E-state index in [2.05, 4.69) is 517 Å². The predicted molar refractivity (Wildman–Crippen MR) is 616 cm³/mol. The molecule has 0 aliphatic heterocycles. The average Bonchev–Trinajstić information content (AvgIpc) is 1.62. The Hall–Kier alpha value is -17.6. The Morgan fingerprint density at radius 3 is 0.810 bits per heavy atom. The van der Waals surface area contributed by atoms with Crippen molar-refractivity contribution in [2.24, 2.45) is 0 Å². The van der Waals surface area contributed by atoms with Crippen LogP contribution >= 0.6 is 34.0 Å². The lowest BCUT2D eigenvalue weighted by Crippen LogP contribution is -1.98. The molecule has 0 aliphatic carbocycles. The summed E-state index contributed by atoms with van der Waals surface area (Å²) in [6.45, 7) is 0. The van der Waals surface area contributed by atoms with E-state index in [0.717, 1.165) is 5.69 Å². The van der Waals surface area contributed by atoms with Gasteiger partial charge in [-0.05, 0) is 258 Å². The van der Waals surface area contributed by atoms with Gasteiger partial charge in [0, 0.05) is 110 Å². The number of hydrogen-bond donors (Lipinski definition) is 0. The van der Waals surface area contributed by atoms with Crippen LogP contribution in [0.1, 0.15) is 0 Å². The maximum atomic E-state index is 2.47. The van der Waals surface area contributed by atoms with Crippen molar-refractivity contribution in [3.8, 4) is 83.8 Å². The Morgan fingerprint density at radius 2 is 0.401 bits per heavy atom. The fourth-order valence-corrected chi connectivity index (χ4v) is 27.1. The highest BCUT2D eigenvalue weighted by atomic mass is 32.1. The first-order chi connectivity index (χ1) is 70.4. The van der Waals surface area contributed by atoms with E-state index in [1.165, 1.54) is 279 Å². The number of thiophene rings is 3. The fraction of sp³-hybridized carbons (Fsp3) is 0. The molecule has 25 aromatic carbocycles. The topological polar surface area (TPSA) is 14.8 Å². The largest absolute Gasteiger partial charge is 0.309 e. The van der Waals surface area contributed by atoms with Crippen LogP contribution in [0.25, 0.3) is 285 Å². The van der Waals surface area contributed by atoms with Crippen molar-refractivity contribution in [2.75, 3.05) is 0 Å². The second-order valence-corrected chi connectivity index (χ2v) is 40.6. The molecular formula is C136H83N3S3. The molecule has 0 radical (unpaired) electrons. The molecule has 3 nitrogen and oxygen atoms in total. The van der Waals surface area contributed by atoms with Gasteiger partial charge in [0.2, 0.25) is 0 Å². The number of benzene rings is 25. The van der Waals surface area contributed by atoms with E-state index in [1.54, 1.807) is 0 Å². The van der Waals surface area contributed by atoms with Gasteiger partial charge < -0.3 is 13.7 Å². The Bertz CT molecular complexity index is 10500. The summed E-state index contributed by atoms with van der Waals surface area (Å²) in [6.07, 6.45) is 0. The molecule has 142 heavy (non-hydrogen) atoms. The summed E-state index contributed by atoms with van der Waals surface area (Å²) in [4.78, 5) is 0. The van der Waals surface area contributed by atoms with Gasteiger partial charge in [-0.25, -0.2) is 0 Å². The third-order valence-electron chi connectivity index (χ3n) is 29.7. The number of fused-ring (bicyclic) bond motifs is 28. The molecule has 0 spiro atoms. The van der Waals surface area contributed by atoms with Gasteiger partial charge in [0.25, 0.3) is 0 Å². The standard InChI is InChI=1S/C48H29NS.2C44H27NS/c1-2-12-37-35(10-1)36-11-3-4-13-38(36)43-28-31(22-26-39(37)43)30-20-24-33(25-21-30)49-45-18-7-5-14-40(45)44-29-32(23-27-46(44)49)34-16-9-17-42-41-15-6-8-19-47(41)50-48(34)42;1-3-14-31-28(12-1)26-29-13-2-4-15-32(29)43(31)37-18-6-9-22-40(37)45-39-21-8-5-16-34(39)38-27-30(24-25-41(38)45)33-19-11-20-36-35-17-7-10-23-42(35)46-44(33)36;1-3-12-33-29(10-1)26-30-11-2-4-13-34(30)43(33)28-20-23-32(24-21-28)45-40-18-7-5-14-36(40)39-27-31(22-25-41(39)45)35-16-9-17-38-37-15-6-8-19-42(37)46-44(35)38/h1-29H;2*1-27H. The van der Waals surface area contributed by atoms with Gasteiger partial charge in [0.15, 0.2) is 0 Å². The molecular weight excluding hydrogens is 1770 g/mol. The summed E-state index contributed by atoms with van der Waals surface area (Å²) < 4.78 is 15.4. The van der Waals surface area contributed by atoms with Crippen LogP contribution in [0, 0.1) is 0 Å². The zero-order valence-electron chi connectivity index (χ0n) is 77.0. The molecule has 0 saturated carbocycles. The van der Waals surface area contributed by atoms with Gasteiger partial charge in [0.05, 0.1) is 38.8 Å². The molecule has 0 saturated heterocycles. The second kappa shape index (κ2) is 33.1. The summed E-state index contributed by atoms with van der Waals surface area (Å²) >= 11 is 5.67. The zero-order valence-corrected chi connectivity index (χ0v) is 79.4. The quantitative estimate of drug-likeness (QED) is 0.101. The average molecular weight is 1860 g/mol. The normalized spacial score (nSPS) is 11.9. The van der Waals surface area contributed by atoms with Crippen LogP contribution in [-0.4, -0.2) is 13.7 Å². The van der Waals surface area contributed by atoms with Crippen molar-refractivity contribution in [2.45, 2.75) is 0 Å². The van der Waals surface area contributed by atoms with Crippen LogP contribution < -0.4 is 0 Å². The fourth-order valence-electron chi connectivity index (χ4n) is 23.3. The SMILES string of the molecule is c1ccc(-n2c3ccccc3c3cc(-c4cccc5c4sc4ccccc45)ccc32)c(-c2c3ccccc3cc3ccccc23)c1.c1ccc2c(-c3ccc(-n4c5ccccc5c5cc(-c6cccc7c6sc6ccccc67)ccc54)cc3)c3ccccc3cc2c1.c1ccc2c(c1)sc1c(-c3ccc4c(c3)c3ccccc3n4-c3ccc(-c4ccc5c6ccccc6c6ccccc6c5c4)cc3)cccc12. The van der Waals surface area contributed by atoms with Crippen LogP contribution in [0.3, 0.4) is 0 Å². The molecule has 6 aromatic heterocycles. The van der Waals surface area contributed by atoms with Gasteiger partial charge >= 0.3 is 0 Å². The first kappa shape index (κ1) is 81.5. The van der Waals surface area contributed by atoms with E-state index in [-0.39, 0.29) is 0 Å². The first-order valence-electron chi connectivity index (χ1n) is 48.7. The summed E-state index contributed by atoms with van der Waals surface area (Å²) in [5, 5.41) is 33.6. The molecule has 6 heteroatoms. The molecule has 0 N–H and O–H groups in total. The highest BCUT2D eigenvalue weighted by Gasteiger charge is 2.25. The maximum Gasteiger partial charge on any atom is 0.0541 e. The van der Waals surface area contributed by atoms with Crippen LogP contribution in [0.15, 0.2) is 504 Å². The van der Waals surface area contributed by atoms with Crippen molar-refractivity contribution in [1.82, 2.24) is 13.7 Å². The second-order valence-electron chi connectivity index (χ2n) is 37.4. The molecule has 0 aliphatic rings. The highest BCUT2D eigenvalue weighted by molar-refractivity contribution is 7.27. The van der Waals surface area contributed by atoms with Crippen LogP contribution in [0.5, 0.6) is 0 Å². The van der Waals surface area contributed by atoms with Crippen molar-refractivity contribution < 1.29 is 0 Å². The zero-order chi connectivity index (χ0) is 93.1. The van der Waals surface area contributed by atoms with E-state index in [9.17, 15) is 0 Å². The van der Waals surface area contributed by atoms with Crippen LogP contribution in [0.4, 0.5) is 0 Å². The Balaban J connectivity index is 0.000000102. The summed E-state index contributed by atoms with van der Waals surface area (Å²) in [6, 6.07) is 185. The molecule has 0 unspecified atom stereocenters. The van der Waals surface area contributed by atoms with Gasteiger partial charge in [-0.2, -0.15) is 0 Å². The van der Waals surface area contributed by atoms with Gasteiger partial charge in [-0.1, -0.05) is 382 Å². The lowest BCUT2D eigenvalue weighted by Gasteiger charge is -2.18. The van der Waals surface area contributed by atoms with E-state index in [0.29, 0.717) is 0 Å². The number of hydrogen-bond acceptors (Lipinski definition) is 3. The number of rotatable bonds is 9. The van der Waals surface area contributed by atoms with E-state index in [4.69, 9.17) is 0 Å². The van der Waals surface area contributed by atoms with Crippen molar-refractivity contribution >= 4 is 235 Å². The lowest BCUT2D eigenvalue weighted by molar-refractivity contribution is 1.18. The highest BCUT2D eigenvalue weighted by Crippen LogP contribution is 2.51. The molecule has 31 aromatic rings. The molecule has 0 amide bonds. The van der Waals surface area contributed by atoms with E-state index in [1.807, 2.05) is 34.0 Å². The molecule has 660 valence electrons. The number of para-hydroxylation sites is 4. The van der Waals surface area contributed by atoms with Crippen LogP contribution in [0.2, 0.25) is 0 Å². The minimum atomic E-state index is 1.16. The first-order valence-corrected chi connectivity index (χ1v) is 51.2. The number of aromatic nitrogens is 3. The lowest BCUT2D eigenvalue weighted by atomic mass is 9.91. The van der Waals surface area contributed by atoms with Crippen LogP contribution in [-0.2, 0) is 0 Å². The van der Waals surface area contributed by atoms with Gasteiger partial charge in [0.1, 0.15) is 0 Å². The van der Waals surface area contributed by atoms with Crippen molar-refractivity contribution in [3.63, 3.8) is 0 Å². The molecule has 6 heterocycles. The van der Waals surface area contributed by atoms with Gasteiger partial charge in [-0.15, -0.1) is 34.0 Å². The minimum absolute atomic E-state index is 1.16. The molecule has 31 rings (SSSR count). The Kier molecular flexibility index (Phi) is 19.0. The molecule has 0 fully saturated rings. The van der Waals surface area contributed by atoms with Gasteiger partial charge in [-0.3, -0.25) is 0 Å². The number of nitrogens with zero attached hydrogens (tertiary/aromatic N) is 3. The Morgan fingerprint density at radius 1 is 0.134 bits per heavy atom. The van der Waals surface area contributed by atoms with E-state index >= 15 is 0 Å². The Labute approximate surface area is 829 Å².